The number of amides is 2. The van der Waals surface area contributed by atoms with E-state index in [1.807, 2.05) is 24.3 Å². The topological polar surface area (TPSA) is 96.1 Å². The molecule has 0 saturated heterocycles. The van der Waals surface area contributed by atoms with Gasteiger partial charge in [-0.1, -0.05) is 12.1 Å². The van der Waals surface area contributed by atoms with E-state index in [-0.39, 0.29) is 11.4 Å². The zero-order chi connectivity index (χ0) is 14.4. The summed E-state index contributed by atoms with van der Waals surface area (Å²) in [5.74, 6) is 1.000. The Morgan fingerprint density at radius 3 is 2.90 bits per heavy atom. The van der Waals surface area contributed by atoms with Crippen molar-refractivity contribution in [3.63, 3.8) is 0 Å². The highest BCUT2D eigenvalue weighted by Crippen LogP contribution is 2.12. The molecule has 2 aromatic rings. The molecule has 0 bridgehead atoms. The average Bonchev–Trinajstić information content (AvgIpc) is 2.48. The highest BCUT2D eigenvalue weighted by atomic mass is 16.5. The van der Waals surface area contributed by atoms with Crippen LogP contribution in [-0.4, -0.2) is 23.3 Å². The number of methoxy groups -OCH3 is 1. The summed E-state index contributed by atoms with van der Waals surface area (Å²) >= 11 is 0. The van der Waals surface area contributed by atoms with Gasteiger partial charge in [-0.25, -0.2) is 9.89 Å². The fourth-order valence-electron chi connectivity index (χ4n) is 1.54. The van der Waals surface area contributed by atoms with Gasteiger partial charge in [-0.05, 0) is 23.8 Å². The van der Waals surface area contributed by atoms with E-state index in [1.54, 1.807) is 7.11 Å². The third-order valence-corrected chi connectivity index (χ3v) is 2.51. The second kappa shape index (κ2) is 6.37. The van der Waals surface area contributed by atoms with Crippen LogP contribution in [0, 0.1) is 0 Å². The molecule has 1 aromatic heterocycles. The molecule has 0 atom stereocenters. The van der Waals surface area contributed by atoms with E-state index in [9.17, 15) is 9.59 Å². The lowest BCUT2D eigenvalue weighted by atomic mass is 10.2. The number of carbonyl (C=O) groups excluding carboxylic acids is 1. The van der Waals surface area contributed by atoms with Crippen molar-refractivity contribution in [2.75, 3.05) is 12.4 Å². The molecule has 20 heavy (non-hydrogen) atoms. The molecule has 0 fully saturated rings. The van der Waals surface area contributed by atoms with Gasteiger partial charge in [0.2, 0.25) is 0 Å². The minimum atomic E-state index is -0.410. The Labute approximate surface area is 115 Å². The van der Waals surface area contributed by atoms with Gasteiger partial charge in [0.15, 0.2) is 5.82 Å². The second-order valence-electron chi connectivity index (χ2n) is 3.97. The van der Waals surface area contributed by atoms with Gasteiger partial charge in [0.1, 0.15) is 5.75 Å². The van der Waals surface area contributed by atoms with Crippen molar-refractivity contribution in [2.45, 2.75) is 6.54 Å². The number of hydrogen-bond acceptors (Lipinski definition) is 4. The van der Waals surface area contributed by atoms with Crippen LogP contribution in [0.2, 0.25) is 0 Å². The zero-order valence-corrected chi connectivity index (χ0v) is 10.8. The average molecular weight is 274 g/mol. The van der Waals surface area contributed by atoms with Crippen LogP contribution in [0.4, 0.5) is 10.6 Å². The lowest BCUT2D eigenvalue weighted by molar-refractivity contribution is 0.251. The molecule has 0 aliphatic heterocycles. The molecule has 1 heterocycles. The van der Waals surface area contributed by atoms with E-state index in [0.717, 1.165) is 11.3 Å². The summed E-state index contributed by atoms with van der Waals surface area (Å²) in [6.07, 6.45) is 0. The van der Waals surface area contributed by atoms with Gasteiger partial charge in [-0.15, -0.1) is 0 Å². The third-order valence-electron chi connectivity index (χ3n) is 2.51. The van der Waals surface area contributed by atoms with E-state index in [0.29, 0.717) is 6.54 Å². The first-order valence-corrected chi connectivity index (χ1v) is 5.91. The van der Waals surface area contributed by atoms with Crippen LogP contribution < -0.4 is 20.9 Å². The number of benzene rings is 1. The summed E-state index contributed by atoms with van der Waals surface area (Å²) in [7, 11) is 1.58. The van der Waals surface area contributed by atoms with Crippen LogP contribution >= 0.6 is 0 Å². The van der Waals surface area contributed by atoms with Gasteiger partial charge in [0, 0.05) is 12.6 Å². The molecule has 0 aliphatic carbocycles. The molecule has 0 unspecified atom stereocenters. The predicted octanol–water partition coefficient (Wildman–Crippen LogP) is 1.10. The normalized spacial score (nSPS) is 9.85. The monoisotopic (exact) mass is 274 g/mol. The number of rotatable bonds is 4. The minimum absolute atomic E-state index is 0.271. The molecule has 0 radical (unpaired) electrons. The fourth-order valence-corrected chi connectivity index (χ4v) is 1.54. The van der Waals surface area contributed by atoms with Gasteiger partial charge < -0.3 is 10.1 Å². The molecular weight excluding hydrogens is 260 g/mol. The summed E-state index contributed by atoms with van der Waals surface area (Å²) in [5, 5.41) is 11.1. The first-order chi connectivity index (χ1) is 9.67. The van der Waals surface area contributed by atoms with Crippen LogP contribution in [0.5, 0.6) is 5.75 Å². The number of nitrogens with zero attached hydrogens (tertiary/aromatic N) is 1. The molecule has 7 nitrogen and oxygen atoms in total. The van der Waals surface area contributed by atoms with Crippen molar-refractivity contribution in [1.82, 2.24) is 15.5 Å². The van der Waals surface area contributed by atoms with Gasteiger partial charge >= 0.3 is 6.03 Å². The van der Waals surface area contributed by atoms with Crippen LogP contribution in [-0.2, 0) is 6.54 Å². The number of H-pyrrole nitrogens is 1. The second-order valence-corrected chi connectivity index (χ2v) is 3.97. The summed E-state index contributed by atoms with van der Waals surface area (Å²) in [6, 6.07) is 9.67. The smallest absolute Gasteiger partial charge is 0.320 e. The maximum Gasteiger partial charge on any atom is 0.320 e. The van der Waals surface area contributed by atoms with Crippen molar-refractivity contribution in [3.05, 3.63) is 52.3 Å². The Morgan fingerprint density at radius 2 is 2.20 bits per heavy atom. The first-order valence-electron chi connectivity index (χ1n) is 5.91. The Morgan fingerprint density at radius 1 is 1.35 bits per heavy atom. The van der Waals surface area contributed by atoms with E-state index < -0.39 is 6.03 Å². The molecule has 2 amide bonds. The van der Waals surface area contributed by atoms with Crippen LogP contribution in [0.3, 0.4) is 0 Å². The van der Waals surface area contributed by atoms with Crippen molar-refractivity contribution < 1.29 is 9.53 Å². The number of carbonyl (C=O) groups is 1. The fraction of sp³-hybridized carbons (Fsp3) is 0.154. The summed E-state index contributed by atoms with van der Waals surface area (Å²) in [5.41, 5.74) is 0.585. The summed E-state index contributed by atoms with van der Waals surface area (Å²) < 4.78 is 5.10. The standard InChI is InChI=1S/C13H14N4O3/c1-20-10-4-2-3-9(7-10)8-14-13(19)15-11-5-6-12(18)17-16-11/h2-7H,8H2,1H3,(H,17,18)(H2,14,15,16,19). The third kappa shape index (κ3) is 3.84. The Kier molecular flexibility index (Phi) is 4.33. The molecule has 1 aromatic carbocycles. The Bertz CT molecular complexity index is 634. The molecule has 3 N–H and O–H groups in total. The SMILES string of the molecule is COc1cccc(CNC(=O)Nc2ccc(=O)[nH]n2)c1. The number of nitrogens with one attached hydrogen (secondary N) is 3. The number of aromatic amines is 1. The van der Waals surface area contributed by atoms with Gasteiger partial charge in [-0.2, -0.15) is 5.10 Å². The predicted molar refractivity (Wildman–Crippen MR) is 73.7 cm³/mol. The van der Waals surface area contributed by atoms with Crippen LogP contribution in [0.15, 0.2) is 41.2 Å². The maximum atomic E-state index is 11.6. The lowest BCUT2D eigenvalue weighted by Gasteiger charge is -2.07. The first kappa shape index (κ1) is 13.6. The zero-order valence-electron chi connectivity index (χ0n) is 10.8. The van der Waals surface area contributed by atoms with Crippen molar-refractivity contribution >= 4 is 11.8 Å². The van der Waals surface area contributed by atoms with Crippen LogP contribution in [0.1, 0.15) is 5.56 Å². The number of urea groups is 1. The van der Waals surface area contributed by atoms with E-state index >= 15 is 0 Å². The number of hydrogen-bond donors (Lipinski definition) is 3. The van der Waals surface area contributed by atoms with Crippen molar-refractivity contribution in [3.8, 4) is 5.75 Å². The highest BCUT2D eigenvalue weighted by Gasteiger charge is 2.03. The Hall–Kier alpha value is -2.83. The summed E-state index contributed by atoms with van der Waals surface area (Å²) in [4.78, 5) is 22.5. The number of aromatic nitrogens is 2. The number of ether oxygens (including phenoxy) is 1. The summed E-state index contributed by atoms with van der Waals surface area (Å²) in [6.45, 7) is 0.354. The Balaban J connectivity index is 1.88. The van der Waals surface area contributed by atoms with Gasteiger partial charge in [-0.3, -0.25) is 10.1 Å². The molecule has 7 heteroatoms. The molecule has 104 valence electrons. The largest absolute Gasteiger partial charge is 0.497 e. The van der Waals surface area contributed by atoms with E-state index in [4.69, 9.17) is 4.74 Å². The van der Waals surface area contributed by atoms with E-state index in [2.05, 4.69) is 20.8 Å². The van der Waals surface area contributed by atoms with Gasteiger partial charge in [0.05, 0.1) is 7.11 Å². The molecular formula is C13H14N4O3. The maximum absolute atomic E-state index is 11.6. The quantitative estimate of drug-likeness (QED) is 0.777. The van der Waals surface area contributed by atoms with Gasteiger partial charge in [0.25, 0.3) is 5.56 Å². The number of anilines is 1. The molecule has 0 spiro atoms. The van der Waals surface area contributed by atoms with Crippen molar-refractivity contribution in [2.24, 2.45) is 0 Å². The van der Waals surface area contributed by atoms with Crippen molar-refractivity contribution in [1.29, 1.82) is 0 Å². The lowest BCUT2D eigenvalue weighted by Crippen LogP contribution is -2.29. The highest BCUT2D eigenvalue weighted by molar-refractivity contribution is 5.87. The molecule has 0 saturated carbocycles. The van der Waals surface area contributed by atoms with Crippen LogP contribution in [0.25, 0.3) is 0 Å². The van der Waals surface area contributed by atoms with E-state index in [1.165, 1.54) is 12.1 Å². The molecule has 2 rings (SSSR count). The minimum Gasteiger partial charge on any atom is -0.497 e. The molecule has 0 aliphatic rings.